The molecule has 0 saturated carbocycles. The van der Waals surface area contributed by atoms with Gasteiger partial charge in [-0.3, -0.25) is 13.9 Å². The van der Waals surface area contributed by atoms with Crippen molar-refractivity contribution in [2.75, 3.05) is 43.5 Å². The highest BCUT2D eigenvalue weighted by molar-refractivity contribution is 7.92. The van der Waals surface area contributed by atoms with E-state index in [4.69, 9.17) is 14.2 Å². The first kappa shape index (κ1) is 30.7. The highest BCUT2D eigenvalue weighted by Crippen LogP contribution is 2.35. The molecule has 42 heavy (non-hydrogen) atoms. The number of likely N-dealkylation sites (N-methyl/N-ethyl adjacent to an activating group) is 1. The number of fused-ring (bicyclic) bond motifs is 1. The monoisotopic (exact) mass is 595 g/mol. The Hall–Kier alpha value is -4.25. The molecule has 0 radical (unpaired) electrons. The number of sulfonamides is 1. The fourth-order valence-electron chi connectivity index (χ4n) is 4.72. The van der Waals surface area contributed by atoms with Crippen molar-refractivity contribution in [3.63, 3.8) is 0 Å². The van der Waals surface area contributed by atoms with Crippen molar-refractivity contribution in [2.24, 2.45) is 0 Å². The van der Waals surface area contributed by atoms with Crippen LogP contribution >= 0.6 is 0 Å². The second-order valence-corrected chi connectivity index (χ2v) is 11.9. The zero-order valence-electron chi connectivity index (χ0n) is 24.1. The number of nitrogens with zero attached hydrogens (tertiary/aromatic N) is 2. The molecular weight excluding hydrogens is 558 g/mol. The summed E-state index contributed by atoms with van der Waals surface area (Å²) in [6.07, 6.45) is 0.243. The summed E-state index contributed by atoms with van der Waals surface area (Å²) in [6, 6.07) is 20.5. The summed E-state index contributed by atoms with van der Waals surface area (Å²) in [6.45, 7) is 3.98. The lowest BCUT2D eigenvalue weighted by Gasteiger charge is -2.34. The number of hydrogen-bond donors (Lipinski definition) is 1. The number of benzene rings is 3. The third kappa shape index (κ3) is 7.52. The topological polar surface area (TPSA) is 114 Å². The number of carbonyl (C=O) groups is 2. The largest absolute Gasteiger partial charge is 0.497 e. The molecule has 224 valence electrons. The minimum Gasteiger partial charge on any atom is -0.497 e. The van der Waals surface area contributed by atoms with Crippen LogP contribution in [-0.4, -0.2) is 70.3 Å². The normalized spacial score (nSPS) is 13.1. The molecule has 3 aromatic carbocycles. The quantitative estimate of drug-likeness (QED) is 0.322. The summed E-state index contributed by atoms with van der Waals surface area (Å²) < 4.78 is 44.4. The minimum atomic E-state index is -3.90. The molecule has 0 fully saturated rings. The van der Waals surface area contributed by atoms with Crippen molar-refractivity contribution < 1.29 is 32.2 Å². The van der Waals surface area contributed by atoms with Gasteiger partial charge in [-0.2, -0.15) is 0 Å². The summed E-state index contributed by atoms with van der Waals surface area (Å²) in [5.41, 5.74) is 1.87. The molecule has 11 heteroatoms. The second-order valence-electron chi connectivity index (χ2n) is 9.71. The van der Waals surface area contributed by atoms with Crippen LogP contribution in [0, 0.1) is 0 Å². The lowest BCUT2D eigenvalue weighted by atomic mass is 10.0. The molecule has 0 spiro atoms. The molecule has 1 aliphatic heterocycles. The molecule has 1 unspecified atom stereocenters. The van der Waals surface area contributed by atoms with E-state index in [1.807, 2.05) is 43.3 Å². The van der Waals surface area contributed by atoms with Crippen LogP contribution in [0.3, 0.4) is 0 Å². The van der Waals surface area contributed by atoms with Gasteiger partial charge in [-0.1, -0.05) is 42.5 Å². The number of ether oxygens (including phenoxy) is 3. The minimum absolute atomic E-state index is 0.0613. The van der Waals surface area contributed by atoms with Gasteiger partial charge < -0.3 is 24.4 Å². The van der Waals surface area contributed by atoms with Crippen LogP contribution in [-0.2, 0) is 32.6 Å². The van der Waals surface area contributed by atoms with Gasteiger partial charge in [-0.25, -0.2) is 8.42 Å². The number of rotatable bonds is 13. The summed E-state index contributed by atoms with van der Waals surface area (Å²) in [5.74, 6) is 0.417. The van der Waals surface area contributed by atoms with Crippen molar-refractivity contribution in [3.05, 3.63) is 83.9 Å². The van der Waals surface area contributed by atoms with Gasteiger partial charge in [-0.15, -0.1) is 0 Å². The fraction of sp³-hybridized carbons (Fsp3) is 0.355. The van der Waals surface area contributed by atoms with Crippen LogP contribution in [0.2, 0.25) is 0 Å². The Morgan fingerprint density at radius 3 is 2.33 bits per heavy atom. The molecule has 0 aliphatic carbocycles. The zero-order chi connectivity index (χ0) is 30.1. The number of nitrogens with one attached hydrogen (secondary N) is 1. The predicted molar refractivity (Wildman–Crippen MR) is 160 cm³/mol. The summed E-state index contributed by atoms with van der Waals surface area (Å²) in [4.78, 5) is 29.2. The lowest BCUT2D eigenvalue weighted by molar-refractivity contribution is -0.140. The van der Waals surface area contributed by atoms with Gasteiger partial charge in [-0.05, 0) is 49.2 Å². The SMILES string of the molecule is CCNC(=O)C(Cc1ccccc1)N(Cc1cccc(OC)c1)C(=O)CN(c1ccc2c(c1)OCCO2)S(=O)(=O)CC. The van der Waals surface area contributed by atoms with Gasteiger partial charge in [0.05, 0.1) is 18.6 Å². The Morgan fingerprint density at radius 1 is 0.929 bits per heavy atom. The predicted octanol–water partition coefficient (Wildman–Crippen LogP) is 3.40. The average molecular weight is 596 g/mol. The number of amides is 2. The van der Waals surface area contributed by atoms with Gasteiger partial charge in [0.1, 0.15) is 31.5 Å². The molecule has 1 heterocycles. The molecule has 1 atom stereocenters. The van der Waals surface area contributed by atoms with E-state index in [-0.39, 0.29) is 30.3 Å². The molecule has 10 nitrogen and oxygen atoms in total. The number of anilines is 1. The molecule has 2 amide bonds. The number of methoxy groups -OCH3 is 1. The molecule has 3 aromatic rings. The zero-order valence-corrected chi connectivity index (χ0v) is 24.9. The number of carbonyl (C=O) groups excluding carboxylic acids is 2. The van der Waals surface area contributed by atoms with Crippen LogP contribution in [0.4, 0.5) is 5.69 Å². The summed E-state index contributed by atoms with van der Waals surface area (Å²) in [7, 11) is -2.35. The van der Waals surface area contributed by atoms with Crippen molar-refractivity contribution in [1.82, 2.24) is 10.2 Å². The Balaban J connectivity index is 1.74. The smallest absolute Gasteiger partial charge is 0.244 e. The average Bonchev–Trinajstić information content (AvgIpc) is 3.01. The van der Waals surface area contributed by atoms with E-state index in [0.717, 1.165) is 15.4 Å². The first-order valence-electron chi connectivity index (χ1n) is 13.9. The van der Waals surface area contributed by atoms with E-state index in [2.05, 4.69) is 5.32 Å². The maximum absolute atomic E-state index is 14.2. The lowest BCUT2D eigenvalue weighted by Crippen LogP contribution is -2.53. The molecular formula is C31H37N3O7S. The van der Waals surface area contributed by atoms with Crippen LogP contribution in [0.15, 0.2) is 72.8 Å². The first-order chi connectivity index (χ1) is 20.2. The Morgan fingerprint density at radius 2 is 1.64 bits per heavy atom. The Kier molecular flexibility index (Phi) is 10.3. The third-order valence-corrected chi connectivity index (χ3v) is 8.64. The van der Waals surface area contributed by atoms with E-state index >= 15 is 0 Å². The molecule has 0 saturated heterocycles. The van der Waals surface area contributed by atoms with Crippen molar-refractivity contribution in [3.8, 4) is 17.2 Å². The van der Waals surface area contributed by atoms with Gasteiger partial charge >= 0.3 is 0 Å². The first-order valence-corrected chi connectivity index (χ1v) is 15.5. The highest BCUT2D eigenvalue weighted by atomic mass is 32.2. The molecule has 1 N–H and O–H groups in total. The number of hydrogen-bond acceptors (Lipinski definition) is 7. The van der Waals surface area contributed by atoms with E-state index in [0.29, 0.717) is 37.0 Å². The van der Waals surface area contributed by atoms with Crippen LogP contribution in [0.1, 0.15) is 25.0 Å². The van der Waals surface area contributed by atoms with Crippen molar-refractivity contribution in [2.45, 2.75) is 32.9 Å². The van der Waals surface area contributed by atoms with Crippen molar-refractivity contribution >= 4 is 27.5 Å². The maximum atomic E-state index is 14.2. The van der Waals surface area contributed by atoms with Crippen molar-refractivity contribution in [1.29, 1.82) is 0 Å². The van der Waals surface area contributed by atoms with Gasteiger partial charge in [0.25, 0.3) is 0 Å². The molecule has 0 bridgehead atoms. The maximum Gasteiger partial charge on any atom is 0.244 e. The summed E-state index contributed by atoms with van der Waals surface area (Å²) >= 11 is 0. The summed E-state index contributed by atoms with van der Waals surface area (Å²) in [5, 5.41) is 2.85. The Bertz CT molecular complexity index is 1480. The van der Waals surface area contributed by atoms with E-state index in [1.165, 1.54) is 11.8 Å². The molecule has 4 rings (SSSR count). The van der Waals surface area contributed by atoms with Crippen LogP contribution in [0.25, 0.3) is 0 Å². The highest BCUT2D eigenvalue weighted by Gasteiger charge is 2.34. The van der Waals surface area contributed by atoms with E-state index < -0.39 is 28.5 Å². The van der Waals surface area contributed by atoms with E-state index in [1.54, 1.807) is 43.5 Å². The fourth-order valence-corrected chi connectivity index (χ4v) is 5.77. The van der Waals surface area contributed by atoms with Gasteiger partial charge in [0.2, 0.25) is 21.8 Å². The van der Waals surface area contributed by atoms with Crippen LogP contribution < -0.4 is 23.8 Å². The van der Waals surface area contributed by atoms with Gasteiger partial charge in [0, 0.05) is 25.6 Å². The van der Waals surface area contributed by atoms with Gasteiger partial charge in [0.15, 0.2) is 11.5 Å². The standard InChI is InChI=1S/C31H37N3O7S/c1-4-32-31(36)27(19-23-10-7-6-8-11-23)33(21-24-12-9-13-26(18-24)39-3)30(35)22-34(42(37,38)5-2)25-14-15-28-29(20-25)41-17-16-40-28/h6-15,18,20,27H,4-5,16-17,19,21-22H2,1-3H3,(H,32,36). The Labute approximate surface area is 247 Å². The third-order valence-electron chi connectivity index (χ3n) is 6.90. The molecule has 0 aromatic heterocycles. The molecule has 1 aliphatic rings. The van der Waals surface area contributed by atoms with E-state index in [9.17, 15) is 18.0 Å². The second kappa shape index (κ2) is 14.1. The van der Waals surface area contributed by atoms with Crippen LogP contribution in [0.5, 0.6) is 17.2 Å².